The molecule has 1 atom stereocenters. The van der Waals surface area contributed by atoms with Crippen molar-refractivity contribution in [1.82, 2.24) is 5.32 Å². The van der Waals surface area contributed by atoms with Gasteiger partial charge < -0.3 is 15.8 Å². The van der Waals surface area contributed by atoms with E-state index in [-0.39, 0.29) is 6.04 Å². The highest BCUT2D eigenvalue weighted by atomic mass is 16.5. The van der Waals surface area contributed by atoms with Gasteiger partial charge in [0.15, 0.2) is 0 Å². The van der Waals surface area contributed by atoms with Crippen LogP contribution < -0.4 is 11.1 Å². The Bertz CT molecular complexity index is 59.4. The first kappa shape index (κ1) is 6.01. The third kappa shape index (κ3) is 1.78. The van der Waals surface area contributed by atoms with Crippen molar-refractivity contribution >= 4 is 0 Å². The van der Waals surface area contributed by atoms with E-state index < -0.39 is 0 Å². The minimum absolute atomic E-state index is 0.192. The van der Waals surface area contributed by atoms with Crippen LogP contribution >= 0.6 is 0 Å². The minimum Gasteiger partial charge on any atom is -0.378 e. The van der Waals surface area contributed by atoms with Crippen molar-refractivity contribution in [1.29, 1.82) is 0 Å². The van der Waals surface area contributed by atoms with Crippen molar-refractivity contribution in [2.24, 2.45) is 5.73 Å². The van der Waals surface area contributed by atoms with Crippen LogP contribution in [0.5, 0.6) is 0 Å². The van der Waals surface area contributed by atoms with Gasteiger partial charge in [0.1, 0.15) is 0 Å². The fourth-order valence-corrected chi connectivity index (χ4v) is 0.725. The van der Waals surface area contributed by atoms with Gasteiger partial charge in [0.2, 0.25) is 0 Å². The summed E-state index contributed by atoms with van der Waals surface area (Å²) < 4.78 is 5.12. The quantitative estimate of drug-likeness (QED) is 0.424. The molecular weight excluding hydrogens is 104 g/mol. The largest absolute Gasteiger partial charge is 0.378 e. The van der Waals surface area contributed by atoms with Crippen molar-refractivity contribution < 1.29 is 4.74 Å². The molecule has 1 aliphatic rings. The molecule has 3 N–H and O–H groups in total. The first-order chi connectivity index (χ1) is 3.89. The molecule has 0 saturated carbocycles. The molecule has 0 aromatic carbocycles. The lowest BCUT2D eigenvalue weighted by Gasteiger charge is -2.03. The van der Waals surface area contributed by atoms with Gasteiger partial charge in [0, 0.05) is 19.1 Å². The van der Waals surface area contributed by atoms with Crippen LogP contribution in [0.3, 0.4) is 0 Å². The Morgan fingerprint density at radius 2 is 2.50 bits per heavy atom. The maximum Gasteiger partial charge on any atom is 0.0630 e. The predicted octanol–water partition coefficient (Wildman–Crippen LogP) is -1.07. The number of ether oxygens (including phenoxy) is 1. The third-order valence-corrected chi connectivity index (χ3v) is 1.16. The monoisotopic (exact) mass is 116 g/mol. The van der Waals surface area contributed by atoms with Gasteiger partial charge in [-0.1, -0.05) is 0 Å². The normalized spacial score (nSPS) is 31.9. The summed E-state index contributed by atoms with van der Waals surface area (Å²) in [5.74, 6) is 0. The molecule has 0 radical (unpaired) electrons. The number of hydrogen-bond acceptors (Lipinski definition) is 3. The lowest BCUT2D eigenvalue weighted by Crippen LogP contribution is -2.34. The highest BCUT2D eigenvalue weighted by Crippen LogP contribution is 1.84. The highest BCUT2D eigenvalue weighted by molar-refractivity contribution is 4.65. The molecular formula is C5H12N2O. The van der Waals surface area contributed by atoms with E-state index in [4.69, 9.17) is 10.5 Å². The van der Waals surface area contributed by atoms with Gasteiger partial charge in [0.25, 0.3) is 0 Å². The van der Waals surface area contributed by atoms with E-state index in [1.165, 1.54) is 0 Å². The van der Waals surface area contributed by atoms with Crippen LogP contribution in [0.2, 0.25) is 0 Å². The molecule has 3 nitrogen and oxygen atoms in total. The predicted molar refractivity (Wildman–Crippen MR) is 31.7 cm³/mol. The molecule has 1 rings (SSSR count). The molecule has 8 heavy (non-hydrogen) atoms. The molecule has 0 amide bonds. The molecule has 0 aromatic rings. The number of hydrogen-bond donors (Lipinski definition) is 2. The van der Waals surface area contributed by atoms with Crippen LogP contribution in [0.25, 0.3) is 0 Å². The molecule has 0 bridgehead atoms. The Kier molecular flexibility index (Phi) is 2.27. The van der Waals surface area contributed by atoms with Crippen molar-refractivity contribution in [3.05, 3.63) is 0 Å². The second-order valence-corrected chi connectivity index (χ2v) is 2.04. The summed E-state index contributed by atoms with van der Waals surface area (Å²) in [7, 11) is 0. The molecule has 0 spiro atoms. The first-order valence-corrected chi connectivity index (χ1v) is 2.93. The number of rotatable bonds is 0. The van der Waals surface area contributed by atoms with Crippen LogP contribution in [0.4, 0.5) is 0 Å². The fraction of sp³-hybridized carbons (Fsp3) is 1.00. The van der Waals surface area contributed by atoms with E-state index >= 15 is 0 Å². The standard InChI is InChI=1S/C5H12N2O/c6-5-3-7-1-2-8-4-5/h5,7H,1-4,6H2/t5-/m0/s1. The second-order valence-electron chi connectivity index (χ2n) is 2.04. The Hall–Kier alpha value is -0.120. The SMILES string of the molecule is N[C@H]1CNCCOC1. The van der Waals surface area contributed by atoms with Crippen molar-refractivity contribution in [3.63, 3.8) is 0 Å². The molecule has 1 aliphatic heterocycles. The third-order valence-electron chi connectivity index (χ3n) is 1.16. The van der Waals surface area contributed by atoms with Crippen molar-refractivity contribution in [2.45, 2.75) is 6.04 Å². The summed E-state index contributed by atoms with van der Waals surface area (Å²) in [6.45, 7) is 3.33. The average Bonchev–Trinajstić information content (AvgIpc) is 1.94. The topological polar surface area (TPSA) is 47.3 Å². The van der Waals surface area contributed by atoms with Gasteiger partial charge >= 0.3 is 0 Å². The minimum atomic E-state index is 0.192. The maximum absolute atomic E-state index is 5.55. The molecule has 0 aromatic heterocycles. The molecule has 1 saturated heterocycles. The molecule has 0 aliphatic carbocycles. The van der Waals surface area contributed by atoms with E-state index in [0.29, 0.717) is 6.61 Å². The highest BCUT2D eigenvalue weighted by Gasteiger charge is 2.04. The van der Waals surface area contributed by atoms with Crippen molar-refractivity contribution in [3.8, 4) is 0 Å². The zero-order valence-corrected chi connectivity index (χ0v) is 4.89. The molecule has 0 unspecified atom stereocenters. The van der Waals surface area contributed by atoms with E-state index in [1.807, 2.05) is 0 Å². The Labute approximate surface area is 49.2 Å². The van der Waals surface area contributed by atoms with Gasteiger partial charge in [-0.15, -0.1) is 0 Å². The van der Waals surface area contributed by atoms with E-state index in [2.05, 4.69) is 5.32 Å². The van der Waals surface area contributed by atoms with Crippen LogP contribution in [-0.2, 0) is 4.74 Å². The zero-order valence-electron chi connectivity index (χ0n) is 4.89. The summed E-state index contributed by atoms with van der Waals surface area (Å²) in [4.78, 5) is 0. The first-order valence-electron chi connectivity index (χ1n) is 2.93. The van der Waals surface area contributed by atoms with Crippen LogP contribution in [0.1, 0.15) is 0 Å². The van der Waals surface area contributed by atoms with E-state index in [0.717, 1.165) is 19.7 Å². The van der Waals surface area contributed by atoms with Crippen LogP contribution in [0, 0.1) is 0 Å². The lowest BCUT2D eigenvalue weighted by molar-refractivity contribution is 0.142. The smallest absolute Gasteiger partial charge is 0.0630 e. The zero-order chi connectivity index (χ0) is 5.82. The molecule has 3 heteroatoms. The van der Waals surface area contributed by atoms with Crippen LogP contribution in [-0.4, -0.2) is 32.3 Å². The Balaban J connectivity index is 2.17. The molecule has 48 valence electrons. The van der Waals surface area contributed by atoms with Gasteiger partial charge in [-0.3, -0.25) is 0 Å². The summed E-state index contributed by atoms with van der Waals surface area (Å²) in [5, 5.41) is 3.15. The van der Waals surface area contributed by atoms with Gasteiger partial charge in [-0.2, -0.15) is 0 Å². The Morgan fingerprint density at radius 3 is 3.38 bits per heavy atom. The second kappa shape index (κ2) is 3.02. The van der Waals surface area contributed by atoms with Crippen molar-refractivity contribution in [2.75, 3.05) is 26.3 Å². The molecule has 1 heterocycles. The lowest BCUT2D eigenvalue weighted by atomic mass is 10.3. The Morgan fingerprint density at radius 1 is 1.62 bits per heavy atom. The average molecular weight is 116 g/mol. The van der Waals surface area contributed by atoms with Gasteiger partial charge in [0.05, 0.1) is 13.2 Å². The van der Waals surface area contributed by atoms with Gasteiger partial charge in [-0.25, -0.2) is 0 Å². The summed E-state index contributed by atoms with van der Waals surface area (Å²) in [5.41, 5.74) is 5.55. The van der Waals surface area contributed by atoms with Gasteiger partial charge in [-0.05, 0) is 0 Å². The molecule has 1 fully saturated rings. The maximum atomic E-state index is 5.55. The van der Waals surface area contributed by atoms with E-state index in [1.54, 1.807) is 0 Å². The van der Waals surface area contributed by atoms with Crippen LogP contribution in [0.15, 0.2) is 0 Å². The number of nitrogens with two attached hydrogens (primary N) is 1. The fourth-order valence-electron chi connectivity index (χ4n) is 0.725. The van der Waals surface area contributed by atoms with E-state index in [9.17, 15) is 0 Å². The summed E-state index contributed by atoms with van der Waals surface area (Å²) in [6, 6.07) is 0.192. The summed E-state index contributed by atoms with van der Waals surface area (Å²) in [6.07, 6.45) is 0. The number of nitrogens with one attached hydrogen (secondary N) is 1. The summed E-state index contributed by atoms with van der Waals surface area (Å²) >= 11 is 0.